The minimum absolute atomic E-state index is 0.00458. The average molecular weight is 831 g/mol. The fraction of sp³-hybridized carbons (Fsp3) is 0.882. The van der Waals surface area contributed by atoms with Gasteiger partial charge in [0.2, 0.25) is 0 Å². The fourth-order valence-corrected chi connectivity index (χ4v) is 8.43. The molecule has 0 saturated carbocycles. The SMILES string of the molecule is CCCCCCCCCOC(=O)CCCCCCCC(CCCCCCCC(=O)OC(CCCCCCCC)CCCCCCCC)CCCNc1c(NC)c(=O)c1=O. The lowest BCUT2D eigenvalue weighted by Gasteiger charge is -2.18. The molecule has 1 atom stereocenters. The molecule has 0 aliphatic rings. The lowest BCUT2D eigenvalue weighted by Crippen LogP contribution is -2.36. The van der Waals surface area contributed by atoms with E-state index in [1.165, 1.54) is 148 Å². The third kappa shape index (κ3) is 30.3. The van der Waals surface area contributed by atoms with E-state index in [0.29, 0.717) is 43.3 Å². The maximum Gasteiger partial charge on any atom is 0.306 e. The molecule has 1 unspecified atom stereocenters. The first-order valence-electron chi connectivity index (χ1n) is 25.5. The van der Waals surface area contributed by atoms with Crippen LogP contribution in [-0.2, 0) is 19.1 Å². The molecule has 1 rings (SSSR count). The summed E-state index contributed by atoms with van der Waals surface area (Å²) in [5, 5.41) is 6.05. The van der Waals surface area contributed by atoms with Crippen molar-refractivity contribution in [1.82, 2.24) is 0 Å². The van der Waals surface area contributed by atoms with E-state index in [4.69, 9.17) is 9.47 Å². The highest BCUT2D eigenvalue weighted by Crippen LogP contribution is 2.25. The lowest BCUT2D eigenvalue weighted by atomic mass is 9.90. The van der Waals surface area contributed by atoms with Gasteiger partial charge in [0.05, 0.1) is 6.61 Å². The molecule has 0 bridgehead atoms. The predicted molar refractivity (Wildman–Crippen MR) is 252 cm³/mol. The summed E-state index contributed by atoms with van der Waals surface area (Å²) in [6, 6.07) is 0. The Morgan fingerprint density at radius 1 is 0.458 bits per heavy atom. The molecule has 0 aliphatic carbocycles. The summed E-state index contributed by atoms with van der Waals surface area (Å²) in [4.78, 5) is 48.7. The summed E-state index contributed by atoms with van der Waals surface area (Å²) < 4.78 is 11.5. The molecule has 0 amide bonds. The highest BCUT2D eigenvalue weighted by atomic mass is 16.5. The van der Waals surface area contributed by atoms with Crippen LogP contribution in [0.4, 0.5) is 11.4 Å². The molecule has 0 aliphatic heterocycles. The Hall–Kier alpha value is -2.38. The largest absolute Gasteiger partial charge is 0.466 e. The number of hydrogen-bond donors (Lipinski definition) is 2. The third-order valence-corrected chi connectivity index (χ3v) is 12.3. The quantitative estimate of drug-likeness (QED) is 0.0380. The molecule has 0 heterocycles. The van der Waals surface area contributed by atoms with E-state index in [1.807, 2.05) is 0 Å². The van der Waals surface area contributed by atoms with Crippen molar-refractivity contribution >= 4 is 23.3 Å². The first kappa shape index (κ1) is 54.6. The Morgan fingerprint density at radius 2 is 0.847 bits per heavy atom. The number of hydrogen-bond acceptors (Lipinski definition) is 8. The molecule has 1 aromatic rings. The van der Waals surface area contributed by atoms with Gasteiger partial charge in [-0.15, -0.1) is 0 Å². The summed E-state index contributed by atoms with van der Waals surface area (Å²) in [5.41, 5.74) is -0.00349. The number of rotatable bonds is 45. The first-order valence-corrected chi connectivity index (χ1v) is 25.5. The fourth-order valence-electron chi connectivity index (χ4n) is 8.43. The monoisotopic (exact) mass is 831 g/mol. The van der Waals surface area contributed by atoms with Crippen molar-refractivity contribution < 1.29 is 19.1 Å². The van der Waals surface area contributed by atoms with Gasteiger partial charge in [0.15, 0.2) is 0 Å². The van der Waals surface area contributed by atoms with Gasteiger partial charge < -0.3 is 20.1 Å². The van der Waals surface area contributed by atoms with Crippen LogP contribution in [0, 0.1) is 5.92 Å². The maximum absolute atomic E-state index is 12.9. The molecule has 0 fully saturated rings. The van der Waals surface area contributed by atoms with Crippen molar-refractivity contribution in [2.24, 2.45) is 5.92 Å². The third-order valence-electron chi connectivity index (χ3n) is 12.3. The highest BCUT2D eigenvalue weighted by Gasteiger charge is 2.19. The Labute approximate surface area is 363 Å². The number of anilines is 2. The average Bonchev–Trinajstić information content (AvgIpc) is 3.23. The van der Waals surface area contributed by atoms with E-state index < -0.39 is 10.9 Å². The van der Waals surface area contributed by atoms with Crippen LogP contribution >= 0.6 is 0 Å². The number of carbonyl (C=O) groups is 2. The highest BCUT2D eigenvalue weighted by molar-refractivity contribution is 5.73. The van der Waals surface area contributed by atoms with Gasteiger partial charge in [-0.3, -0.25) is 19.2 Å². The Balaban J connectivity index is 2.36. The van der Waals surface area contributed by atoms with Gasteiger partial charge in [-0.25, -0.2) is 0 Å². The van der Waals surface area contributed by atoms with Crippen LogP contribution in [0.15, 0.2) is 9.59 Å². The van der Waals surface area contributed by atoms with Crippen LogP contribution in [0.25, 0.3) is 0 Å². The van der Waals surface area contributed by atoms with Gasteiger partial charge in [0.1, 0.15) is 17.5 Å². The van der Waals surface area contributed by atoms with Crippen molar-refractivity contribution in [3.63, 3.8) is 0 Å². The van der Waals surface area contributed by atoms with Gasteiger partial charge in [-0.05, 0) is 63.7 Å². The zero-order chi connectivity index (χ0) is 43.0. The predicted octanol–water partition coefficient (Wildman–Crippen LogP) is 14.3. The van der Waals surface area contributed by atoms with Crippen LogP contribution < -0.4 is 21.5 Å². The van der Waals surface area contributed by atoms with Crippen molar-refractivity contribution in [1.29, 1.82) is 0 Å². The van der Waals surface area contributed by atoms with Crippen molar-refractivity contribution in [2.75, 3.05) is 30.8 Å². The zero-order valence-corrected chi connectivity index (χ0v) is 39.2. The van der Waals surface area contributed by atoms with Gasteiger partial charge in [0, 0.05) is 26.4 Å². The number of ether oxygens (including phenoxy) is 2. The molecule has 344 valence electrons. The smallest absolute Gasteiger partial charge is 0.306 e. The molecule has 1 aromatic carbocycles. The van der Waals surface area contributed by atoms with E-state index >= 15 is 0 Å². The van der Waals surface area contributed by atoms with Crippen LogP contribution in [-0.4, -0.2) is 38.2 Å². The topological polar surface area (TPSA) is 111 Å². The molecule has 59 heavy (non-hydrogen) atoms. The normalized spacial score (nSPS) is 12.0. The van der Waals surface area contributed by atoms with E-state index in [2.05, 4.69) is 31.4 Å². The summed E-state index contributed by atoms with van der Waals surface area (Å²) in [6.07, 6.45) is 42.6. The molecule has 2 N–H and O–H groups in total. The number of nitrogens with one attached hydrogen (secondary N) is 2. The first-order chi connectivity index (χ1) is 28.9. The number of carbonyl (C=O) groups excluding carboxylic acids is 2. The molecule has 0 saturated heterocycles. The van der Waals surface area contributed by atoms with Crippen molar-refractivity contribution in [3.8, 4) is 0 Å². The summed E-state index contributed by atoms with van der Waals surface area (Å²) in [6.45, 7) is 8.02. The van der Waals surface area contributed by atoms with Gasteiger partial charge in [-0.2, -0.15) is 0 Å². The molecule has 0 aromatic heterocycles. The van der Waals surface area contributed by atoms with Gasteiger partial charge >= 0.3 is 11.9 Å². The summed E-state index contributed by atoms with van der Waals surface area (Å²) >= 11 is 0. The number of esters is 2. The standard InChI is InChI=1S/C51H94N2O6/c1-5-8-11-14-17-26-33-43-58-46(54)40-31-24-18-20-27-35-44(37-34-42-53-49-48(52-4)50(56)51(49)57)36-28-21-19-25-32-41-47(55)59-45(38-29-22-15-12-9-6-2)39-30-23-16-13-10-7-3/h44-45,52-53H,5-43H2,1-4H3. The zero-order valence-electron chi connectivity index (χ0n) is 39.2. The second-order valence-electron chi connectivity index (χ2n) is 17.8. The maximum atomic E-state index is 12.9. The van der Waals surface area contributed by atoms with E-state index in [1.54, 1.807) is 7.05 Å². The van der Waals surface area contributed by atoms with Crippen LogP contribution in [0.5, 0.6) is 0 Å². The summed E-state index contributed by atoms with van der Waals surface area (Å²) in [7, 11) is 1.68. The molecular formula is C51H94N2O6. The number of unbranched alkanes of at least 4 members (excludes halogenated alkanes) is 24. The van der Waals surface area contributed by atoms with Crippen LogP contribution in [0.1, 0.15) is 258 Å². The van der Waals surface area contributed by atoms with Crippen molar-refractivity contribution in [3.05, 3.63) is 20.4 Å². The molecule has 0 radical (unpaired) electrons. The van der Waals surface area contributed by atoms with Gasteiger partial charge in [0.25, 0.3) is 10.9 Å². The molecule has 0 spiro atoms. The van der Waals surface area contributed by atoms with E-state index in [-0.39, 0.29) is 18.0 Å². The van der Waals surface area contributed by atoms with Gasteiger partial charge in [-0.1, -0.05) is 188 Å². The molecule has 8 nitrogen and oxygen atoms in total. The minimum Gasteiger partial charge on any atom is -0.466 e. The summed E-state index contributed by atoms with van der Waals surface area (Å²) in [5.74, 6) is 0.603. The second kappa shape index (κ2) is 39.7. The Morgan fingerprint density at radius 3 is 1.34 bits per heavy atom. The second-order valence-corrected chi connectivity index (χ2v) is 17.8. The van der Waals surface area contributed by atoms with Crippen molar-refractivity contribution in [2.45, 2.75) is 264 Å². The Kier molecular flexibility index (Phi) is 36.8. The molecule has 8 heteroatoms. The van der Waals surface area contributed by atoms with Crippen LogP contribution in [0.3, 0.4) is 0 Å². The van der Waals surface area contributed by atoms with Crippen LogP contribution in [0.2, 0.25) is 0 Å². The lowest BCUT2D eigenvalue weighted by molar-refractivity contribution is -0.150. The molecular weight excluding hydrogens is 737 g/mol. The van der Waals surface area contributed by atoms with E-state index in [0.717, 1.165) is 77.0 Å². The minimum atomic E-state index is -0.429. The Bertz CT molecular complexity index is 1180. The van der Waals surface area contributed by atoms with E-state index in [9.17, 15) is 19.2 Å².